The molecule has 1 N–H and O–H groups in total. The number of nitrogens with zero attached hydrogens (tertiary/aromatic N) is 1. The zero-order chi connectivity index (χ0) is 12.0. The van der Waals surface area contributed by atoms with Crippen LogP contribution >= 0.6 is 11.8 Å². The SMILES string of the molecule is CSCCCNc1cc(F)ccc1[N+](=O)[O-]. The van der Waals surface area contributed by atoms with Crippen molar-refractivity contribution >= 4 is 23.1 Å². The molecule has 1 rings (SSSR count). The molecule has 0 saturated carbocycles. The van der Waals surface area contributed by atoms with Gasteiger partial charge >= 0.3 is 0 Å². The molecule has 0 fully saturated rings. The molecule has 0 radical (unpaired) electrons. The van der Waals surface area contributed by atoms with Crippen molar-refractivity contribution in [3.63, 3.8) is 0 Å². The van der Waals surface area contributed by atoms with Gasteiger partial charge in [0, 0.05) is 18.7 Å². The molecule has 88 valence electrons. The highest BCUT2D eigenvalue weighted by molar-refractivity contribution is 7.98. The Hall–Kier alpha value is -1.30. The molecule has 0 saturated heterocycles. The van der Waals surface area contributed by atoms with Crippen LogP contribution in [0.2, 0.25) is 0 Å². The molecule has 0 amide bonds. The van der Waals surface area contributed by atoms with Gasteiger partial charge in [0.25, 0.3) is 5.69 Å². The first kappa shape index (κ1) is 12.8. The van der Waals surface area contributed by atoms with Crippen molar-refractivity contribution in [1.29, 1.82) is 0 Å². The maximum Gasteiger partial charge on any atom is 0.292 e. The monoisotopic (exact) mass is 244 g/mol. The van der Waals surface area contributed by atoms with E-state index in [-0.39, 0.29) is 11.4 Å². The van der Waals surface area contributed by atoms with Crippen LogP contribution in [0.3, 0.4) is 0 Å². The van der Waals surface area contributed by atoms with E-state index in [4.69, 9.17) is 0 Å². The highest BCUT2D eigenvalue weighted by Gasteiger charge is 2.13. The summed E-state index contributed by atoms with van der Waals surface area (Å²) in [6.45, 7) is 0.602. The van der Waals surface area contributed by atoms with Gasteiger partial charge in [-0.2, -0.15) is 11.8 Å². The number of rotatable bonds is 6. The molecule has 0 unspecified atom stereocenters. The summed E-state index contributed by atoms with van der Waals surface area (Å²) in [5.74, 6) is 0.494. The van der Waals surface area contributed by atoms with Gasteiger partial charge < -0.3 is 5.32 Å². The molecule has 1 aromatic carbocycles. The lowest BCUT2D eigenvalue weighted by Gasteiger charge is -2.06. The Morgan fingerprint density at radius 3 is 2.94 bits per heavy atom. The van der Waals surface area contributed by atoms with E-state index in [1.54, 1.807) is 11.8 Å². The average molecular weight is 244 g/mol. The van der Waals surface area contributed by atoms with Crippen LogP contribution in [0.1, 0.15) is 6.42 Å². The Kier molecular flexibility index (Phi) is 5.04. The summed E-state index contributed by atoms with van der Waals surface area (Å²) in [4.78, 5) is 10.1. The van der Waals surface area contributed by atoms with Crippen LogP contribution in [0.4, 0.5) is 15.8 Å². The van der Waals surface area contributed by atoms with E-state index in [9.17, 15) is 14.5 Å². The zero-order valence-electron chi connectivity index (χ0n) is 8.90. The van der Waals surface area contributed by atoms with Gasteiger partial charge in [-0.3, -0.25) is 10.1 Å². The van der Waals surface area contributed by atoms with E-state index in [0.717, 1.165) is 24.3 Å². The Morgan fingerprint density at radius 1 is 1.56 bits per heavy atom. The molecule has 0 aromatic heterocycles. The molecule has 16 heavy (non-hydrogen) atoms. The van der Waals surface area contributed by atoms with Gasteiger partial charge in [-0.15, -0.1) is 0 Å². The highest BCUT2D eigenvalue weighted by Crippen LogP contribution is 2.24. The summed E-state index contributed by atoms with van der Waals surface area (Å²) < 4.78 is 12.9. The van der Waals surface area contributed by atoms with Crippen molar-refractivity contribution in [1.82, 2.24) is 0 Å². The molecular weight excluding hydrogens is 231 g/mol. The summed E-state index contributed by atoms with van der Waals surface area (Å²) in [6, 6.07) is 3.41. The molecule has 0 spiro atoms. The topological polar surface area (TPSA) is 55.2 Å². The Balaban J connectivity index is 2.68. The minimum absolute atomic E-state index is 0.0921. The van der Waals surface area contributed by atoms with Crippen molar-refractivity contribution in [2.24, 2.45) is 0 Å². The van der Waals surface area contributed by atoms with Crippen LogP contribution < -0.4 is 5.32 Å². The van der Waals surface area contributed by atoms with Crippen LogP contribution in [0, 0.1) is 15.9 Å². The van der Waals surface area contributed by atoms with E-state index < -0.39 is 10.7 Å². The Labute approximate surface area is 97.4 Å². The second-order valence-corrected chi connectivity index (χ2v) is 4.18. The third kappa shape index (κ3) is 3.69. The number of thioether (sulfide) groups is 1. The average Bonchev–Trinajstić information content (AvgIpc) is 2.24. The van der Waals surface area contributed by atoms with Crippen molar-refractivity contribution in [3.05, 3.63) is 34.1 Å². The van der Waals surface area contributed by atoms with E-state index in [1.165, 1.54) is 6.07 Å². The molecule has 0 heterocycles. The van der Waals surface area contributed by atoms with Crippen molar-refractivity contribution < 1.29 is 9.31 Å². The van der Waals surface area contributed by atoms with Gasteiger partial charge in [-0.1, -0.05) is 0 Å². The first-order chi connectivity index (χ1) is 7.65. The van der Waals surface area contributed by atoms with Gasteiger partial charge in [0.2, 0.25) is 0 Å². The molecule has 4 nitrogen and oxygen atoms in total. The molecule has 6 heteroatoms. The summed E-state index contributed by atoms with van der Waals surface area (Å²) in [5, 5.41) is 13.5. The third-order valence-electron chi connectivity index (χ3n) is 2.00. The smallest absolute Gasteiger partial charge is 0.292 e. The van der Waals surface area contributed by atoms with Gasteiger partial charge in [0.15, 0.2) is 0 Å². The van der Waals surface area contributed by atoms with Crippen LogP contribution in [-0.4, -0.2) is 23.5 Å². The Morgan fingerprint density at radius 2 is 2.31 bits per heavy atom. The number of hydrogen-bond donors (Lipinski definition) is 1. The number of nitro groups is 1. The Bertz CT molecular complexity index is 374. The molecule has 0 aliphatic rings. The van der Waals surface area contributed by atoms with Crippen LogP contribution in [0.5, 0.6) is 0 Å². The van der Waals surface area contributed by atoms with Crippen LogP contribution in [-0.2, 0) is 0 Å². The fraction of sp³-hybridized carbons (Fsp3) is 0.400. The first-order valence-corrected chi connectivity index (χ1v) is 6.21. The first-order valence-electron chi connectivity index (χ1n) is 4.82. The molecule has 0 atom stereocenters. The van der Waals surface area contributed by atoms with E-state index >= 15 is 0 Å². The van der Waals surface area contributed by atoms with Gasteiger partial charge in [-0.05, 0) is 24.5 Å². The fourth-order valence-corrected chi connectivity index (χ4v) is 1.68. The lowest BCUT2D eigenvalue weighted by atomic mass is 10.2. The van der Waals surface area contributed by atoms with Crippen LogP contribution in [0.15, 0.2) is 18.2 Å². The van der Waals surface area contributed by atoms with E-state index in [2.05, 4.69) is 5.32 Å². The lowest BCUT2D eigenvalue weighted by molar-refractivity contribution is -0.384. The summed E-state index contributed by atoms with van der Waals surface area (Å²) in [5.41, 5.74) is 0.150. The number of nitrogens with one attached hydrogen (secondary N) is 1. The minimum Gasteiger partial charge on any atom is -0.379 e. The maximum absolute atomic E-state index is 12.9. The third-order valence-corrected chi connectivity index (χ3v) is 2.69. The summed E-state index contributed by atoms with van der Waals surface area (Å²) >= 11 is 1.70. The van der Waals surface area contributed by atoms with Gasteiger partial charge in [-0.25, -0.2) is 4.39 Å². The van der Waals surface area contributed by atoms with Gasteiger partial charge in [0.05, 0.1) is 4.92 Å². The van der Waals surface area contributed by atoms with E-state index in [1.807, 2.05) is 6.26 Å². The second-order valence-electron chi connectivity index (χ2n) is 3.19. The number of hydrogen-bond acceptors (Lipinski definition) is 4. The molecule has 0 aliphatic carbocycles. The molecule has 0 bridgehead atoms. The van der Waals surface area contributed by atoms with Crippen molar-refractivity contribution in [3.8, 4) is 0 Å². The largest absolute Gasteiger partial charge is 0.379 e. The fourth-order valence-electron chi connectivity index (χ4n) is 1.25. The standard InChI is InChI=1S/C10H13FN2O2S/c1-16-6-2-5-12-9-7-8(11)3-4-10(9)13(14)15/h3-4,7,12H,2,5-6H2,1H3. The summed E-state index contributed by atoms with van der Waals surface area (Å²) in [7, 11) is 0. The predicted molar refractivity (Wildman–Crippen MR) is 64.5 cm³/mol. The highest BCUT2D eigenvalue weighted by atomic mass is 32.2. The van der Waals surface area contributed by atoms with Crippen LogP contribution in [0.25, 0.3) is 0 Å². The van der Waals surface area contributed by atoms with E-state index in [0.29, 0.717) is 6.54 Å². The number of halogens is 1. The second kappa shape index (κ2) is 6.32. The molecule has 0 aliphatic heterocycles. The summed E-state index contributed by atoms with van der Waals surface area (Å²) in [6.07, 6.45) is 2.87. The van der Waals surface area contributed by atoms with Gasteiger partial charge in [0.1, 0.15) is 11.5 Å². The normalized spacial score (nSPS) is 10.1. The number of nitro benzene ring substituents is 1. The number of benzene rings is 1. The molecule has 1 aromatic rings. The maximum atomic E-state index is 12.9. The van der Waals surface area contributed by atoms with Crippen molar-refractivity contribution in [2.45, 2.75) is 6.42 Å². The van der Waals surface area contributed by atoms with Crippen molar-refractivity contribution in [2.75, 3.05) is 23.9 Å². The lowest BCUT2D eigenvalue weighted by Crippen LogP contribution is -2.05. The predicted octanol–water partition coefficient (Wildman–Crippen LogP) is 2.90. The quantitative estimate of drug-likeness (QED) is 0.475. The minimum atomic E-state index is -0.518. The molecular formula is C10H13FN2O2S. The number of anilines is 1. The zero-order valence-corrected chi connectivity index (χ0v) is 9.72.